The van der Waals surface area contributed by atoms with Crippen LogP contribution in [0.2, 0.25) is 0 Å². The number of carbonyl (C=O) groups is 1. The Bertz CT molecular complexity index is 726. The van der Waals surface area contributed by atoms with E-state index in [1.165, 1.54) is 23.0 Å². The standard InChI is InChI=1S/C17H20F3N3O2/c1-3-25-9-5-8-21-16(24)15-11-22-23(12(15)2)14-7-4-6-13(10-14)17(18,19)20/h4,6-7,10-11H,3,5,8-9H2,1-2H3,(H,21,24). The van der Waals surface area contributed by atoms with Gasteiger partial charge < -0.3 is 10.1 Å². The Morgan fingerprint density at radius 2 is 2.12 bits per heavy atom. The monoisotopic (exact) mass is 355 g/mol. The number of nitrogens with one attached hydrogen (secondary N) is 1. The molecule has 5 nitrogen and oxygen atoms in total. The molecule has 8 heteroatoms. The van der Waals surface area contributed by atoms with Gasteiger partial charge in [0.15, 0.2) is 0 Å². The third-order valence-corrected chi connectivity index (χ3v) is 3.63. The quantitative estimate of drug-likeness (QED) is 0.775. The van der Waals surface area contributed by atoms with Crippen LogP contribution < -0.4 is 5.32 Å². The van der Waals surface area contributed by atoms with Crippen LogP contribution in [-0.2, 0) is 10.9 Å². The second-order valence-corrected chi connectivity index (χ2v) is 5.41. The van der Waals surface area contributed by atoms with Crippen molar-refractivity contribution < 1.29 is 22.7 Å². The van der Waals surface area contributed by atoms with Crippen LogP contribution in [0.5, 0.6) is 0 Å². The highest BCUT2D eigenvalue weighted by molar-refractivity contribution is 5.95. The zero-order valence-electron chi connectivity index (χ0n) is 14.1. The molecular weight excluding hydrogens is 335 g/mol. The molecule has 0 fully saturated rings. The summed E-state index contributed by atoms with van der Waals surface area (Å²) in [5.74, 6) is -0.313. The van der Waals surface area contributed by atoms with E-state index in [2.05, 4.69) is 10.4 Å². The van der Waals surface area contributed by atoms with E-state index in [1.54, 1.807) is 6.92 Å². The molecule has 25 heavy (non-hydrogen) atoms. The predicted molar refractivity (Wildman–Crippen MR) is 86.7 cm³/mol. The SMILES string of the molecule is CCOCCCNC(=O)c1cnn(-c2cccc(C(F)(F)F)c2)c1C. The zero-order chi connectivity index (χ0) is 18.4. The van der Waals surface area contributed by atoms with E-state index in [9.17, 15) is 18.0 Å². The molecule has 136 valence electrons. The number of carbonyl (C=O) groups excluding carboxylic acids is 1. The van der Waals surface area contributed by atoms with Gasteiger partial charge in [0.05, 0.1) is 28.7 Å². The van der Waals surface area contributed by atoms with Crippen molar-refractivity contribution in [3.05, 3.63) is 47.3 Å². The van der Waals surface area contributed by atoms with Crippen LogP contribution in [0.4, 0.5) is 13.2 Å². The fourth-order valence-corrected chi connectivity index (χ4v) is 2.32. The van der Waals surface area contributed by atoms with Crippen LogP contribution >= 0.6 is 0 Å². The molecule has 0 bridgehead atoms. The second-order valence-electron chi connectivity index (χ2n) is 5.41. The maximum Gasteiger partial charge on any atom is 0.416 e. The zero-order valence-corrected chi connectivity index (χ0v) is 14.1. The minimum absolute atomic E-state index is 0.253. The van der Waals surface area contributed by atoms with Gasteiger partial charge in [-0.05, 0) is 38.5 Å². The molecule has 0 atom stereocenters. The summed E-state index contributed by atoms with van der Waals surface area (Å²) in [4.78, 5) is 12.2. The molecule has 0 unspecified atom stereocenters. The van der Waals surface area contributed by atoms with Crippen LogP contribution in [0.3, 0.4) is 0 Å². The Morgan fingerprint density at radius 3 is 2.80 bits per heavy atom. The summed E-state index contributed by atoms with van der Waals surface area (Å²) in [5.41, 5.74) is 0.292. The fourth-order valence-electron chi connectivity index (χ4n) is 2.32. The molecule has 2 rings (SSSR count). The summed E-state index contributed by atoms with van der Waals surface area (Å²) in [7, 11) is 0. The number of alkyl halides is 3. The van der Waals surface area contributed by atoms with Gasteiger partial charge in [0.2, 0.25) is 0 Å². The summed E-state index contributed by atoms with van der Waals surface area (Å²) < 4.78 is 45.0. The van der Waals surface area contributed by atoms with Gasteiger partial charge in [-0.3, -0.25) is 4.79 Å². The molecule has 1 amide bonds. The Kier molecular flexibility index (Phi) is 6.19. The van der Waals surface area contributed by atoms with Crippen molar-refractivity contribution in [2.75, 3.05) is 19.8 Å². The highest BCUT2D eigenvalue weighted by Gasteiger charge is 2.30. The number of benzene rings is 1. The third-order valence-electron chi connectivity index (χ3n) is 3.63. The highest BCUT2D eigenvalue weighted by Crippen LogP contribution is 2.30. The first-order valence-corrected chi connectivity index (χ1v) is 7.92. The number of rotatable bonds is 7. The molecule has 0 radical (unpaired) electrons. The Morgan fingerprint density at radius 1 is 1.36 bits per heavy atom. The van der Waals surface area contributed by atoms with Gasteiger partial charge in [0.1, 0.15) is 0 Å². The summed E-state index contributed by atoms with van der Waals surface area (Å²) in [6.45, 7) is 5.16. The number of amides is 1. The van der Waals surface area contributed by atoms with Gasteiger partial charge in [0.25, 0.3) is 5.91 Å². The lowest BCUT2D eigenvalue weighted by atomic mass is 10.2. The van der Waals surface area contributed by atoms with Gasteiger partial charge in [-0.25, -0.2) is 4.68 Å². The highest BCUT2D eigenvalue weighted by atomic mass is 19.4. The van der Waals surface area contributed by atoms with Crippen molar-refractivity contribution in [1.29, 1.82) is 0 Å². The topological polar surface area (TPSA) is 56.1 Å². The third kappa shape index (κ3) is 4.82. The first kappa shape index (κ1) is 19.0. The maximum absolute atomic E-state index is 12.8. The van der Waals surface area contributed by atoms with Crippen LogP contribution in [0.25, 0.3) is 5.69 Å². The summed E-state index contributed by atoms with van der Waals surface area (Å²) in [6, 6.07) is 4.82. The van der Waals surface area contributed by atoms with Crippen LogP contribution in [0, 0.1) is 6.92 Å². The van der Waals surface area contributed by atoms with Crippen molar-refractivity contribution in [1.82, 2.24) is 15.1 Å². The van der Waals surface area contributed by atoms with Crippen molar-refractivity contribution in [3.8, 4) is 5.69 Å². The van der Waals surface area contributed by atoms with Gasteiger partial charge >= 0.3 is 6.18 Å². The number of nitrogens with zero attached hydrogens (tertiary/aromatic N) is 2. The smallest absolute Gasteiger partial charge is 0.382 e. The van der Waals surface area contributed by atoms with Gasteiger partial charge in [-0.15, -0.1) is 0 Å². The van der Waals surface area contributed by atoms with E-state index in [1.807, 2.05) is 6.92 Å². The van der Waals surface area contributed by atoms with E-state index in [0.717, 1.165) is 12.1 Å². The Labute approximate surface area is 143 Å². The number of hydrogen-bond acceptors (Lipinski definition) is 3. The Balaban J connectivity index is 2.12. The summed E-state index contributed by atoms with van der Waals surface area (Å²) in [5, 5.41) is 6.80. The second kappa shape index (κ2) is 8.15. The van der Waals surface area contributed by atoms with E-state index in [-0.39, 0.29) is 11.6 Å². The van der Waals surface area contributed by atoms with Gasteiger partial charge in [-0.2, -0.15) is 18.3 Å². The van der Waals surface area contributed by atoms with Crippen LogP contribution in [0.1, 0.15) is 35.0 Å². The predicted octanol–water partition coefficient (Wildman–Crippen LogP) is 3.36. The molecule has 1 aromatic heterocycles. The van der Waals surface area contributed by atoms with Crippen molar-refractivity contribution >= 4 is 5.91 Å². The van der Waals surface area contributed by atoms with Gasteiger partial charge in [-0.1, -0.05) is 6.07 Å². The van der Waals surface area contributed by atoms with E-state index in [4.69, 9.17) is 4.74 Å². The fraction of sp³-hybridized carbons (Fsp3) is 0.412. The lowest BCUT2D eigenvalue weighted by Crippen LogP contribution is -2.25. The average Bonchev–Trinajstić information content (AvgIpc) is 2.95. The van der Waals surface area contributed by atoms with Gasteiger partial charge in [0, 0.05) is 19.8 Å². The molecule has 2 aromatic rings. The minimum Gasteiger partial charge on any atom is -0.382 e. The largest absolute Gasteiger partial charge is 0.416 e. The van der Waals surface area contributed by atoms with E-state index >= 15 is 0 Å². The number of ether oxygens (including phenoxy) is 1. The molecule has 0 aliphatic rings. The molecule has 1 heterocycles. The molecule has 0 aliphatic heterocycles. The van der Waals surface area contributed by atoms with Crippen LogP contribution in [0.15, 0.2) is 30.5 Å². The van der Waals surface area contributed by atoms with Crippen molar-refractivity contribution in [2.45, 2.75) is 26.4 Å². The van der Waals surface area contributed by atoms with Crippen molar-refractivity contribution in [3.63, 3.8) is 0 Å². The first-order chi connectivity index (χ1) is 11.8. The average molecular weight is 355 g/mol. The molecule has 0 spiro atoms. The summed E-state index contributed by atoms with van der Waals surface area (Å²) in [6.07, 6.45) is -2.40. The molecule has 0 saturated heterocycles. The van der Waals surface area contributed by atoms with E-state index in [0.29, 0.717) is 37.4 Å². The Hall–Kier alpha value is -2.35. The molecule has 1 aromatic carbocycles. The minimum atomic E-state index is -4.43. The summed E-state index contributed by atoms with van der Waals surface area (Å²) >= 11 is 0. The lowest BCUT2D eigenvalue weighted by Gasteiger charge is -2.10. The van der Waals surface area contributed by atoms with Crippen LogP contribution in [-0.4, -0.2) is 35.4 Å². The number of halogens is 3. The maximum atomic E-state index is 12.8. The normalized spacial score (nSPS) is 11.6. The first-order valence-electron chi connectivity index (χ1n) is 7.92. The molecule has 0 aliphatic carbocycles. The van der Waals surface area contributed by atoms with Crippen molar-refractivity contribution in [2.24, 2.45) is 0 Å². The molecule has 1 N–H and O–H groups in total. The number of aromatic nitrogens is 2. The molecule has 0 saturated carbocycles. The molecular formula is C17H20F3N3O2. The lowest BCUT2D eigenvalue weighted by molar-refractivity contribution is -0.137. The van der Waals surface area contributed by atoms with E-state index < -0.39 is 11.7 Å². The number of hydrogen-bond donors (Lipinski definition) is 1.